The second kappa shape index (κ2) is 8.02. The molecule has 1 aromatic carbocycles. The van der Waals surface area contributed by atoms with Crippen LogP contribution in [0, 0.1) is 0 Å². The minimum absolute atomic E-state index is 0.327. The van der Waals surface area contributed by atoms with Crippen LogP contribution in [0.5, 0.6) is 0 Å². The average Bonchev–Trinajstić information content (AvgIpc) is 3.01. The Morgan fingerprint density at radius 1 is 1.13 bits per heavy atom. The first-order valence-corrected chi connectivity index (χ1v) is 9.17. The summed E-state index contributed by atoms with van der Waals surface area (Å²) in [5.74, 6) is 0. The first kappa shape index (κ1) is 16.6. The monoisotopic (exact) mass is 331 g/mol. The van der Waals surface area contributed by atoms with Gasteiger partial charge >= 0.3 is 0 Å². The summed E-state index contributed by atoms with van der Waals surface area (Å²) in [6.45, 7) is 9.05. The van der Waals surface area contributed by atoms with Crippen molar-refractivity contribution in [3.8, 4) is 0 Å². The molecule has 1 aliphatic heterocycles. The molecule has 124 valence electrons. The molecule has 1 aliphatic rings. The molecule has 0 unspecified atom stereocenters. The van der Waals surface area contributed by atoms with Crippen LogP contribution in [-0.2, 0) is 24.4 Å². The predicted molar refractivity (Wildman–Crippen MR) is 94.4 cm³/mol. The molecule has 1 fully saturated rings. The number of morpholine rings is 1. The van der Waals surface area contributed by atoms with E-state index in [-0.39, 0.29) is 0 Å². The van der Waals surface area contributed by atoms with E-state index in [0.717, 1.165) is 38.4 Å². The zero-order valence-corrected chi connectivity index (χ0v) is 14.7. The van der Waals surface area contributed by atoms with Gasteiger partial charge in [-0.15, -0.1) is 11.3 Å². The second-order valence-corrected chi connectivity index (χ2v) is 7.07. The van der Waals surface area contributed by atoms with Crippen LogP contribution >= 0.6 is 11.3 Å². The van der Waals surface area contributed by atoms with Gasteiger partial charge in [-0.1, -0.05) is 24.3 Å². The van der Waals surface area contributed by atoms with Crippen LogP contribution in [0.2, 0.25) is 0 Å². The Morgan fingerprint density at radius 2 is 1.83 bits per heavy atom. The van der Waals surface area contributed by atoms with Crippen molar-refractivity contribution in [2.24, 2.45) is 0 Å². The molecule has 3 rings (SSSR count). The number of aromatic nitrogens is 1. The van der Waals surface area contributed by atoms with E-state index < -0.39 is 0 Å². The van der Waals surface area contributed by atoms with Crippen LogP contribution in [0.3, 0.4) is 0 Å². The maximum Gasteiger partial charge on any atom is 0.0795 e. The normalized spacial score (nSPS) is 22.3. The third-order valence-corrected chi connectivity index (χ3v) is 4.68. The van der Waals surface area contributed by atoms with Gasteiger partial charge in [-0.25, -0.2) is 4.98 Å². The lowest BCUT2D eigenvalue weighted by Crippen LogP contribution is -2.44. The molecule has 0 bridgehead atoms. The van der Waals surface area contributed by atoms with Gasteiger partial charge in [0.2, 0.25) is 0 Å². The Morgan fingerprint density at radius 3 is 2.48 bits per heavy atom. The van der Waals surface area contributed by atoms with E-state index in [2.05, 4.69) is 58.7 Å². The van der Waals surface area contributed by atoms with E-state index in [4.69, 9.17) is 4.74 Å². The lowest BCUT2D eigenvalue weighted by Gasteiger charge is -2.35. The number of thiazole rings is 1. The van der Waals surface area contributed by atoms with E-state index in [1.807, 2.05) is 5.51 Å². The molecule has 1 N–H and O–H groups in total. The number of hydrogen-bond donors (Lipinski definition) is 1. The highest BCUT2D eigenvalue weighted by Gasteiger charge is 2.21. The summed E-state index contributed by atoms with van der Waals surface area (Å²) >= 11 is 1.64. The number of nitrogens with zero attached hydrogens (tertiary/aromatic N) is 2. The summed E-state index contributed by atoms with van der Waals surface area (Å²) in [5, 5.41) is 5.52. The largest absolute Gasteiger partial charge is 0.373 e. The zero-order valence-electron chi connectivity index (χ0n) is 13.9. The summed E-state index contributed by atoms with van der Waals surface area (Å²) in [5.41, 5.74) is 5.67. The van der Waals surface area contributed by atoms with E-state index in [0.29, 0.717) is 12.2 Å². The van der Waals surface area contributed by atoms with Crippen molar-refractivity contribution < 1.29 is 4.74 Å². The summed E-state index contributed by atoms with van der Waals surface area (Å²) in [4.78, 5) is 6.76. The molecular weight excluding hydrogens is 306 g/mol. The van der Waals surface area contributed by atoms with Crippen LogP contribution in [0.1, 0.15) is 30.7 Å². The minimum atomic E-state index is 0.327. The number of benzene rings is 1. The molecule has 0 saturated carbocycles. The van der Waals surface area contributed by atoms with Crippen LogP contribution < -0.4 is 5.32 Å². The lowest BCUT2D eigenvalue weighted by molar-refractivity contribution is -0.0704. The molecule has 23 heavy (non-hydrogen) atoms. The van der Waals surface area contributed by atoms with Crippen molar-refractivity contribution in [3.63, 3.8) is 0 Å². The van der Waals surface area contributed by atoms with E-state index >= 15 is 0 Å². The van der Waals surface area contributed by atoms with E-state index in [1.54, 1.807) is 11.3 Å². The van der Waals surface area contributed by atoms with Crippen molar-refractivity contribution in [2.45, 2.75) is 45.7 Å². The third kappa shape index (κ3) is 5.11. The fourth-order valence-corrected chi connectivity index (χ4v) is 3.65. The Bertz CT molecular complexity index is 575. The van der Waals surface area contributed by atoms with Gasteiger partial charge in [0.05, 0.1) is 23.4 Å². The van der Waals surface area contributed by atoms with Crippen molar-refractivity contribution in [1.29, 1.82) is 0 Å². The van der Waals surface area contributed by atoms with Crippen LogP contribution in [0.25, 0.3) is 0 Å². The van der Waals surface area contributed by atoms with Gasteiger partial charge in [-0.05, 0) is 25.0 Å². The number of ether oxygens (including phenoxy) is 1. The molecule has 0 spiro atoms. The fraction of sp³-hybridized carbons (Fsp3) is 0.500. The van der Waals surface area contributed by atoms with Crippen molar-refractivity contribution >= 4 is 11.3 Å². The van der Waals surface area contributed by atoms with Crippen LogP contribution in [0.15, 0.2) is 35.2 Å². The standard InChI is InChI=1S/C18H25N3OS/c1-14-9-21(10-15(2)22-14)11-17-5-3-16(4-6-17)7-19-8-18-12-23-13-20-18/h3-6,12-15,19H,7-11H2,1-2H3/t14-,15-/m1/s1. The average molecular weight is 331 g/mol. The highest BCUT2D eigenvalue weighted by molar-refractivity contribution is 7.07. The molecular formula is C18H25N3OS. The molecule has 4 nitrogen and oxygen atoms in total. The van der Waals surface area contributed by atoms with Gasteiger partial charge in [-0.2, -0.15) is 0 Å². The summed E-state index contributed by atoms with van der Waals surface area (Å²) in [7, 11) is 0. The van der Waals surface area contributed by atoms with Gasteiger partial charge in [0.1, 0.15) is 0 Å². The number of hydrogen-bond acceptors (Lipinski definition) is 5. The SMILES string of the molecule is C[C@@H]1CN(Cc2ccc(CNCc3cscn3)cc2)C[C@@H](C)O1. The summed E-state index contributed by atoms with van der Waals surface area (Å²) in [6.07, 6.45) is 0.654. The van der Waals surface area contributed by atoms with Gasteiger partial charge in [0.15, 0.2) is 0 Å². The maximum atomic E-state index is 5.79. The smallest absolute Gasteiger partial charge is 0.0795 e. The Hall–Kier alpha value is -1.27. The molecule has 1 saturated heterocycles. The van der Waals surface area contributed by atoms with Gasteiger partial charge < -0.3 is 10.1 Å². The Kier molecular flexibility index (Phi) is 5.78. The van der Waals surface area contributed by atoms with Gasteiger partial charge in [-0.3, -0.25) is 4.90 Å². The fourth-order valence-electron chi connectivity index (χ4n) is 3.09. The van der Waals surface area contributed by atoms with E-state index in [9.17, 15) is 0 Å². The molecule has 0 aliphatic carbocycles. The molecule has 1 aromatic heterocycles. The Balaban J connectivity index is 1.47. The molecule has 2 heterocycles. The first-order chi connectivity index (χ1) is 11.2. The summed E-state index contributed by atoms with van der Waals surface area (Å²) in [6, 6.07) is 8.92. The van der Waals surface area contributed by atoms with Crippen molar-refractivity contribution in [1.82, 2.24) is 15.2 Å². The Labute approximate surface area is 142 Å². The van der Waals surface area contributed by atoms with Crippen LogP contribution in [-0.4, -0.2) is 35.2 Å². The lowest BCUT2D eigenvalue weighted by atomic mass is 10.1. The van der Waals surface area contributed by atoms with Crippen LogP contribution in [0.4, 0.5) is 0 Å². The number of rotatable bonds is 6. The second-order valence-electron chi connectivity index (χ2n) is 6.35. The maximum absolute atomic E-state index is 5.79. The molecule has 5 heteroatoms. The van der Waals surface area contributed by atoms with E-state index in [1.165, 1.54) is 11.1 Å². The predicted octanol–water partition coefficient (Wildman–Crippen LogP) is 3.04. The third-order valence-electron chi connectivity index (χ3n) is 4.04. The highest BCUT2D eigenvalue weighted by atomic mass is 32.1. The quantitative estimate of drug-likeness (QED) is 0.883. The first-order valence-electron chi connectivity index (χ1n) is 8.22. The molecule has 2 aromatic rings. The number of nitrogens with one attached hydrogen (secondary N) is 1. The molecule has 2 atom stereocenters. The molecule has 0 radical (unpaired) electrons. The van der Waals surface area contributed by atoms with Gasteiger partial charge in [0, 0.05) is 38.1 Å². The highest BCUT2D eigenvalue weighted by Crippen LogP contribution is 2.14. The summed E-state index contributed by atoms with van der Waals surface area (Å²) < 4.78 is 5.79. The molecule has 0 amide bonds. The van der Waals surface area contributed by atoms with Crippen molar-refractivity contribution in [3.05, 3.63) is 52.0 Å². The van der Waals surface area contributed by atoms with Gasteiger partial charge in [0.25, 0.3) is 0 Å². The minimum Gasteiger partial charge on any atom is -0.373 e. The topological polar surface area (TPSA) is 37.4 Å². The zero-order chi connectivity index (χ0) is 16.1. The van der Waals surface area contributed by atoms with Crippen molar-refractivity contribution in [2.75, 3.05) is 13.1 Å².